The third-order valence-electron chi connectivity index (χ3n) is 5.03. The third-order valence-corrected chi connectivity index (χ3v) is 5.03. The van der Waals surface area contributed by atoms with Crippen LogP contribution in [0.1, 0.15) is 41.0 Å². The Hall–Kier alpha value is -2.75. The van der Waals surface area contributed by atoms with E-state index in [-0.39, 0.29) is 5.91 Å². The molecule has 0 spiro atoms. The van der Waals surface area contributed by atoms with Crippen LogP contribution in [0.25, 0.3) is 10.9 Å². The quantitative estimate of drug-likeness (QED) is 0.666. The zero-order valence-corrected chi connectivity index (χ0v) is 16.2. The molecule has 2 N–H and O–H groups in total. The van der Waals surface area contributed by atoms with E-state index in [0.29, 0.717) is 5.69 Å². The van der Waals surface area contributed by atoms with Gasteiger partial charge >= 0.3 is 0 Å². The first-order chi connectivity index (χ1) is 12.4. The minimum atomic E-state index is -0.102. The number of nitrogens with zero attached hydrogens (tertiary/aromatic N) is 1. The van der Waals surface area contributed by atoms with Crippen LogP contribution in [0.5, 0.6) is 0 Å². The fourth-order valence-corrected chi connectivity index (χ4v) is 3.43. The van der Waals surface area contributed by atoms with Crippen LogP contribution < -0.4 is 10.2 Å². The molecular formula is C22H27N3O. The number of carbonyl (C=O) groups excluding carboxylic acids is 1. The molecule has 1 heterocycles. The van der Waals surface area contributed by atoms with Gasteiger partial charge in [0.25, 0.3) is 5.91 Å². The molecule has 0 radical (unpaired) electrons. The van der Waals surface area contributed by atoms with E-state index in [0.717, 1.165) is 40.8 Å². The van der Waals surface area contributed by atoms with Gasteiger partial charge in [-0.05, 0) is 76.1 Å². The second kappa shape index (κ2) is 7.24. The molecule has 1 aromatic heterocycles. The Morgan fingerprint density at radius 2 is 1.77 bits per heavy atom. The number of H-pyrrole nitrogens is 1. The van der Waals surface area contributed by atoms with E-state index in [1.54, 1.807) is 0 Å². The standard InChI is InChI=1S/C22H27N3O/c1-6-25(7-2)17-9-11-19(15(4)13-17)24-22(26)21-16(5)18-12-14(3)8-10-20(18)23-21/h8-13,23H,6-7H2,1-5H3,(H,24,26). The largest absolute Gasteiger partial charge is 0.372 e. The molecule has 1 amide bonds. The third kappa shape index (κ3) is 3.32. The predicted octanol–water partition coefficient (Wildman–Crippen LogP) is 5.19. The summed E-state index contributed by atoms with van der Waals surface area (Å²) in [5.41, 5.74) is 6.88. The summed E-state index contributed by atoms with van der Waals surface area (Å²) in [6, 6.07) is 12.4. The Bertz CT molecular complexity index is 951. The summed E-state index contributed by atoms with van der Waals surface area (Å²) in [4.78, 5) is 18.4. The first kappa shape index (κ1) is 18.1. The molecule has 136 valence electrons. The molecule has 4 nitrogen and oxygen atoms in total. The van der Waals surface area contributed by atoms with Gasteiger partial charge in [0.15, 0.2) is 0 Å². The smallest absolute Gasteiger partial charge is 0.272 e. The number of fused-ring (bicyclic) bond motifs is 1. The Morgan fingerprint density at radius 1 is 1.04 bits per heavy atom. The average molecular weight is 349 g/mol. The van der Waals surface area contributed by atoms with E-state index < -0.39 is 0 Å². The molecule has 0 atom stereocenters. The molecule has 0 aliphatic rings. The lowest BCUT2D eigenvalue weighted by atomic mass is 10.1. The van der Waals surface area contributed by atoms with Crippen molar-refractivity contribution < 1.29 is 4.79 Å². The topological polar surface area (TPSA) is 48.1 Å². The first-order valence-electron chi connectivity index (χ1n) is 9.20. The minimum absolute atomic E-state index is 0.102. The van der Waals surface area contributed by atoms with Crippen molar-refractivity contribution in [3.8, 4) is 0 Å². The fourth-order valence-electron chi connectivity index (χ4n) is 3.43. The van der Waals surface area contributed by atoms with E-state index >= 15 is 0 Å². The number of carbonyl (C=O) groups is 1. The number of amides is 1. The highest BCUT2D eigenvalue weighted by Gasteiger charge is 2.16. The van der Waals surface area contributed by atoms with Crippen molar-refractivity contribution in [3.05, 3.63) is 58.8 Å². The Morgan fingerprint density at radius 3 is 2.42 bits per heavy atom. The van der Waals surface area contributed by atoms with Gasteiger partial charge in [0.1, 0.15) is 5.69 Å². The number of hydrogen-bond acceptors (Lipinski definition) is 2. The van der Waals surface area contributed by atoms with Crippen LogP contribution in [-0.4, -0.2) is 24.0 Å². The van der Waals surface area contributed by atoms with Gasteiger partial charge in [0.05, 0.1) is 0 Å². The van der Waals surface area contributed by atoms with E-state index in [2.05, 4.69) is 60.2 Å². The summed E-state index contributed by atoms with van der Waals surface area (Å²) in [7, 11) is 0. The SMILES string of the molecule is CCN(CC)c1ccc(NC(=O)c2[nH]c3ccc(C)cc3c2C)c(C)c1. The summed E-state index contributed by atoms with van der Waals surface area (Å²) in [5.74, 6) is -0.102. The van der Waals surface area contributed by atoms with Gasteiger partial charge in [-0.2, -0.15) is 0 Å². The number of aromatic nitrogens is 1. The van der Waals surface area contributed by atoms with Crippen LogP contribution >= 0.6 is 0 Å². The molecule has 0 fully saturated rings. The van der Waals surface area contributed by atoms with Gasteiger partial charge in [0, 0.05) is 35.4 Å². The molecule has 0 saturated heterocycles. The summed E-state index contributed by atoms with van der Waals surface area (Å²) >= 11 is 0. The van der Waals surface area contributed by atoms with E-state index in [1.165, 1.54) is 11.3 Å². The molecule has 2 aromatic carbocycles. The van der Waals surface area contributed by atoms with Gasteiger partial charge < -0.3 is 15.2 Å². The number of nitrogens with one attached hydrogen (secondary N) is 2. The van der Waals surface area contributed by atoms with E-state index in [1.807, 2.05) is 26.0 Å². The van der Waals surface area contributed by atoms with Crippen molar-refractivity contribution in [2.24, 2.45) is 0 Å². The van der Waals surface area contributed by atoms with Crippen LogP contribution in [0, 0.1) is 20.8 Å². The van der Waals surface area contributed by atoms with Crippen molar-refractivity contribution in [3.63, 3.8) is 0 Å². The number of rotatable bonds is 5. The molecule has 4 heteroatoms. The van der Waals surface area contributed by atoms with Gasteiger partial charge in [-0.15, -0.1) is 0 Å². The van der Waals surface area contributed by atoms with Gasteiger partial charge in [-0.25, -0.2) is 0 Å². The summed E-state index contributed by atoms with van der Waals surface area (Å²) in [5, 5.41) is 4.16. The van der Waals surface area contributed by atoms with Gasteiger partial charge in [0.2, 0.25) is 0 Å². The van der Waals surface area contributed by atoms with Crippen molar-refractivity contribution >= 4 is 28.2 Å². The van der Waals surface area contributed by atoms with Crippen LogP contribution in [-0.2, 0) is 0 Å². The van der Waals surface area contributed by atoms with E-state index in [9.17, 15) is 4.79 Å². The minimum Gasteiger partial charge on any atom is -0.372 e. The maximum atomic E-state index is 12.8. The van der Waals surface area contributed by atoms with Gasteiger partial charge in [-0.3, -0.25) is 4.79 Å². The lowest BCUT2D eigenvalue weighted by Crippen LogP contribution is -2.22. The second-order valence-electron chi connectivity index (χ2n) is 6.80. The summed E-state index contributed by atoms with van der Waals surface area (Å²) < 4.78 is 0. The Balaban J connectivity index is 1.87. The van der Waals surface area contributed by atoms with Gasteiger partial charge in [-0.1, -0.05) is 11.6 Å². The molecule has 0 bridgehead atoms. The fraction of sp³-hybridized carbons (Fsp3) is 0.318. The van der Waals surface area contributed by atoms with Crippen molar-refractivity contribution in [1.29, 1.82) is 0 Å². The number of aryl methyl sites for hydroxylation is 3. The number of benzene rings is 2. The van der Waals surface area contributed by atoms with Crippen molar-refractivity contribution in [2.75, 3.05) is 23.3 Å². The molecule has 0 aliphatic carbocycles. The normalized spacial score (nSPS) is 11.0. The molecule has 0 aliphatic heterocycles. The maximum Gasteiger partial charge on any atom is 0.272 e. The number of hydrogen-bond donors (Lipinski definition) is 2. The van der Waals surface area contributed by atoms with Crippen LogP contribution in [0.2, 0.25) is 0 Å². The number of aromatic amines is 1. The average Bonchev–Trinajstić information content (AvgIpc) is 2.95. The Kier molecular flexibility index (Phi) is 5.03. The van der Waals surface area contributed by atoms with Crippen LogP contribution in [0.3, 0.4) is 0 Å². The lowest BCUT2D eigenvalue weighted by Gasteiger charge is -2.22. The molecule has 3 aromatic rings. The van der Waals surface area contributed by atoms with Crippen molar-refractivity contribution in [1.82, 2.24) is 4.98 Å². The highest BCUT2D eigenvalue weighted by molar-refractivity contribution is 6.08. The highest BCUT2D eigenvalue weighted by atomic mass is 16.1. The Labute approximate surface area is 155 Å². The zero-order chi connectivity index (χ0) is 18.8. The van der Waals surface area contributed by atoms with Crippen LogP contribution in [0.4, 0.5) is 11.4 Å². The van der Waals surface area contributed by atoms with Crippen molar-refractivity contribution in [2.45, 2.75) is 34.6 Å². The highest BCUT2D eigenvalue weighted by Crippen LogP contribution is 2.26. The molecular weight excluding hydrogens is 322 g/mol. The maximum absolute atomic E-state index is 12.8. The monoisotopic (exact) mass is 349 g/mol. The molecule has 3 rings (SSSR count). The lowest BCUT2D eigenvalue weighted by molar-refractivity contribution is 0.102. The van der Waals surface area contributed by atoms with Crippen LogP contribution in [0.15, 0.2) is 36.4 Å². The van der Waals surface area contributed by atoms with E-state index in [4.69, 9.17) is 0 Å². The second-order valence-corrected chi connectivity index (χ2v) is 6.80. The first-order valence-corrected chi connectivity index (χ1v) is 9.20. The molecule has 0 unspecified atom stereocenters. The molecule has 26 heavy (non-hydrogen) atoms. The summed E-state index contributed by atoms with van der Waals surface area (Å²) in [6.45, 7) is 12.3. The number of anilines is 2. The molecule has 0 saturated carbocycles. The summed E-state index contributed by atoms with van der Waals surface area (Å²) in [6.07, 6.45) is 0. The predicted molar refractivity (Wildman–Crippen MR) is 110 cm³/mol. The zero-order valence-electron chi connectivity index (χ0n) is 16.2.